The standard InChI is InChI=1S/C11H21NO6/c1-3-4-5-12-11(18)10(17)9(16)8(15)7(14)6(2)13/h7-10,14-17H,3-5H2,1-2H3,(H,12,18)/t7-,8+,9+,10-/m0/s1. The summed E-state index contributed by atoms with van der Waals surface area (Å²) in [5.74, 6) is -1.62. The van der Waals surface area contributed by atoms with Crippen molar-refractivity contribution in [3.05, 3.63) is 0 Å². The number of aliphatic hydroxyl groups is 4. The third-order valence-corrected chi connectivity index (χ3v) is 2.51. The Morgan fingerprint density at radius 3 is 2.00 bits per heavy atom. The smallest absolute Gasteiger partial charge is 0.251 e. The van der Waals surface area contributed by atoms with Crippen molar-refractivity contribution in [2.75, 3.05) is 6.54 Å². The molecule has 0 saturated carbocycles. The van der Waals surface area contributed by atoms with Crippen molar-refractivity contribution < 1.29 is 30.0 Å². The van der Waals surface area contributed by atoms with E-state index in [1.54, 1.807) is 0 Å². The monoisotopic (exact) mass is 263 g/mol. The number of hydrogen-bond acceptors (Lipinski definition) is 6. The van der Waals surface area contributed by atoms with Crippen LogP contribution in [0.2, 0.25) is 0 Å². The molecule has 106 valence electrons. The number of carbonyl (C=O) groups excluding carboxylic acids is 2. The highest BCUT2D eigenvalue weighted by Gasteiger charge is 2.35. The number of rotatable bonds is 8. The van der Waals surface area contributed by atoms with Gasteiger partial charge in [0.05, 0.1) is 0 Å². The number of hydrogen-bond donors (Lipinski definition) is 5. The van der Waals surface area contributed by atoms with E-state index in [1.807, 2.05) is 6.92 Å². The lowest BCUT2D eigenvalue weighted by Gasteiger charge is -2.24. The van der Waals surface area contributed by atoms with Gasteiger partial charge in [0.25, 0.3) is 5.91 Å². The van der Waals surface area contributed by atoms with Crippen LogP contribution >= 0.6 is 0 Å². The molecular weight excluding hydrogens is 242 g/mol. The van der Waals surface area contributed by atoms with Crippen molar-refractivity contribution in [2.24, 2.45) is 0 Å². The lowest BCUT2D eigenvalue weighted by molar-refractivity contribution is -0.153. The first kappa shape index (κ1) is 17.0. The lowest BCUT2D eigenvalue weighted by Crippen LogP contribution is -2.52. The van der Waals surface area contributed by atoms with Gasteiger partial charge in [0.1, 0.15) is 18.3 Å². The topological polar surface area (TPSA) is 127 Å². The van der Waals surface area contributed by atoms with Gasteiger partial charge in [-0.15, -0.1) is 0 Å². The third-order valence-electron chi connectivity index (χ3n) is 2.51. The van der Waals surface area contributed by atoms with Crippen molar-refractivity contribution in [1.29, 1.82) is 0 Å². The molecule has 0 radical (unpaired) electrons. The van der Waals surface area contributed by atoms with E-state index in [4.69, 9.17) is 0 Å². The molecule has 0 heterocycles. The fourth-order valence-electron chi connectivity index (χ4n) is 1.26. The molecule has 0 aliphatic carbocycles. The maximum absolute atomic E-state index is 11.4. The molecule has 4 atom stereocenters. The first-order chi connectivity index (χ1) is 8.32. The molecule has 5 N–H and O–H groups in total. The molecule has 0 fully saturated rings. The van der Waals surface area contributed by atoms with Gasteiger partial charge in [0, 0.05) is 6.54 Å². The quantitative estimate of drug-likeness (QED) is 0.320. The van der Waals surface area contributed by atoms with Crippen LogP contribution in [0.1, 0.15) is 26.7 Å². The number of nitrogens with one attached hydrogen (secondary N) is 1. The summed E-state index contributed by atoms with van der Waals surface area (Å²) in [5, 5.41) is 39.9. The maximum Gasteiger partial charge on any atom is 0.251 e. The van der Waals surface area contributed by atoms with E-state index in [2.05, 4.69) is 5.32 Å². The molecular formula is C11H21NO6. The highest BCUT2D eigenvalue weighted by molar-refractivity contribution is 5.83. The van der Waals surface area contributed by atoms with E-state index in [1.165, 1.54) is 0 Å². The molecule has 0 bridgehead atoms. The average Bonchev–Trinajstić information content (AvgIpc) is 2.35. The molecule has 18 heavy (non-hydrogen) atoms. The van der Waals surface area contributed by atoms with Crippen molar-refractivity contribution in [2.45, 2.75) is 51.1 Å². The van der Waals surface area contributed by atoms with Crippen LogP contribution in [0.5, 0.6) is 0 Å². The van der Waals surface area contributed by atoms with Gasteiger partial charge >= 0.3 is 0 Å². The van der Waals surface area contributed by atoms with Gasteiger partial charge in [-0.25, -0.2) is 0 Å². The largest absolute Gasteiger partial charge is 0.387 e. The third kappa shape index (κ3) is 5.09. The second-order valence-electron chi connectivity index (χ2n) is 4.13. The summed E-state index contributed by atoms with van der Waals surface area (Å²) >= 11 is 0. The normalized spacial score (nSPS) is 17.7. The van der Waals surface area contributed by atoms with Crippen LogP contribution in [0.3, 0.4) is 0 Å². The summed E-state index contributed by atoms with van der Waals surface area (Å²) in [4.78, 5) is 22.1. The number of aliphatic hydroxyl groups excluding tert-OH is 4. The lowest BCUT2D eigenvalue weighted by atomic mass is 10.0. The zero-order chi connectivity index (χ0) is 14.3. The second-order valence-corrected chi connectivity index (χ2v) is 4.13. The zero-order valence-corrected chi connectivity index (χ0v) is 10.5. The molecule has 1 amide bonds. The van der Waals surface area contributed by atoms with Gasteiger partial charge in [-0.3, -0.25) is 9.59 Å². The molecule has 0 aliphatic rings. The molecule has 7 nitrogen and oxygen atoms in total. The van der Waals surface area contributed by atoms with Gasteiger partial charge in [-0.05, 0) is 13.3 Å². The number of ketones is 1. The second kappa shape index (κ2) is 8.15. The predicted octanol–water partition coefficient (Wildman–Crippen LogP) is -2.06. The van der Waals surface area contributed by atoms with Crippen molar-refractivity contribution in [1.82, 2.24) is 5.32 Å². The number of Topliss-reactive ketones (excluding diaryl/α,β-unsaturated/α-hetero) is 1. The van der Waals surface area contributed by atoms with E-state index in [0.29, 0.717) is 13.0 Å². The Kier molecular flexibility index (Phi) is 7.69. The first-order valence-electron chi connectivity index (χ1n) is 5.83. The molecule has 0 rings (SSSR count). The summed E-state index contributed by atoms with van der Waals surface area (Å²) < 4.78 is 0. The predicted molar refractivity (Wildman–Crippen MR) is 62.6 cm³/mol. The van der Waals surface area contributed by atoms with Gasteiger partial charge in [-0.2, -0.15) is 0 Å². The Morgan fingerprint density at radius 2 is 1.56 bits per heavy atom. The molecule has 0 aromatic heterocycles. The van der Waals surface area contributed by atoms with Crippen LogP contribution in [0.4, 0.5) is 0 Å². The van der Waals surface area contributed by atoms with Crippen molar-refractivity contribution >= 4 is 11.7 Å². The SMILES string of the molecule is CCCCNC(=O)[C@@H](O)[C@H](O)[C@H](O)[C@@H](O)C(C)=O. The van der Waals surface area contributed by atoms with Crippen LogP contribution < -0.4 is 5.32 Å². The molecule has 0 saturated heterocycles. The van der Waals surface area contributed by atoms with Crippen LogP contribution in [0, 0.1) is 0 Å². The molecule has 0 unspecified atom stereocenters. The average molecular weight is 263 g/mol. The van der Waals surface area contributed by atoms with Crippen LogP contribution in [-0.4, -0.2) is 63.1 Å². The molecule has 0 spiro atoms. The van der Waals surface area contributed by atoms with Crippen LogP contribution in [0.15, 0.2) is 0 Å². The van der Waals surface area contributed by atoms with E-state index >= 15 is 0 Å². The summed E-state index contributed by atoms with van der Waals surface area (Å²) in [7, 11) is 0. The minimum atomic E-state index is -1.93. The van der Waals surface area contributed by atoms with Crippen molar-refractivity contribution in [3.8, 4) is 0 Å². The van der Waals surface area contributed by atoms with Gasteiger partial charge < -0.3 is 25.7 Å². The highest BCUT2D eigenvalue weighted by atomic mass is 16.4. The molecule has 7 heteroatoms. The number of carbonyl (C=O) groups is 2. The zero-order valence-electron chi connectivity index (χ0n) is 10.5. The molecule has 0 aromatic rings. The summed E-state index contributed by atoms with van der Waals surface area (Å²) in [6.07, 6.45) is -6.00. The summed E-state index contributed by atoms with van der Waals surface area (Å²) in [6, 6.07) is 0. The molecule has 0 aromatic carbocycles. The van der Waals surface area contributed by atoms with Gasteiger partial charge in [0.2, 0.25) is 0 Å². The number of unbranched alkanes of at least 4 members (excludes halogenated alkanes) is 1. The van der Waals surface area contributed by atoms with E-state index in [9.17, 15) is 30.0 Å². The fourth-order valence-corrected chi connectivity index (χ4v) is 1.26. The van der Waals surface area contributed by atoms with E-state index < -0.39 is 36.1 Å². The Balaban J connectivity index is 4.35. The minimum Gasteiger partial charge on any atom is -0.387 e. The fraction of sp³-hybridized carbons (Fsp3) is 0.818. The highest BCUT2D eigenvalue weighted by Crippen LogP contribution is 2.06. The first-order valence-corrected chi connectivity index (χ1v) is 5.83. The van der Waals surface area contributed by atoms with Gasteiger partial charge in [-0.1, -0.05) is 13.3 Å². The van der Waals surface area contributed by atoms with E-state index in [-0.39, 0.29) is 0 Å². The maximum atomic E-state index is 11.4. The number of amides is 1. The molecule has 0 aliphatic heterocycles. The van der Waals surface area contributed by atoms with Gasteiger partial charge in [0.15, 0.2) is 11.9 Å². The van der Waals surface area contributed by atoms with Crippen LogP contribution in [-0.2, 0) is 9.59 Å². The summed E-state index contributed by atoms with van der Waals surface area (Å²) in [5.41, 5.74) is 0. The Labute approximate surface area is 105 Å². The van der Waals surface area contributed by atoms with E-state index in [0.717, 1.165) is 13.3 Å². The minimum absolute atomic E-state index is 0.338. The van der Waals surface area contributed by atoms with Crippen LogP contribution in [0.25, 0.3) is 0 Å². The Bertz CT molecular complexity index is 283. The van der Waals surface area contributed by atoms with Crippen molar-refractivity contribution in [3.63, 3.8) is 0 Å². The Morgan fingerprint density at radius 1 is 1.06 bits per heavy atom. The summed E-state index contributed by atoms with van der Waals surface area (Å²) in [6.45, 7) is 3.28. The Hall–Kier alpha value is -1.02.